The van der Waals surface area contributed by atoms with Crippen LogP contribution in [0.25, 0.3) is 6.08 Å². The third-order valence-electron chi connectivity index (χ3n) is 3.79. The molecule has 0 aromatic heterocycles. The maximum atomic E-state index is 12.6. The molecular formula is C19H14BrClN2O5. The van der Waals surface area contributed by atoms with Gasteiger partial charge in [-0.2, -0.15) is 0 Å². The highest BCUT2D eigenvalue weighted by Gasteiger charge is 2.34. The highest BCUT2D eigenvalue weighted by Crippen LogP contribution is 2.35. The van der Waals surface area contributed by atoms with Crippen molar-refractivity contribution in [1.29, 1.82) is 0 Å². The Bertz CT molecular complexity index is 955. The van der Waals surface area contributed by atoms with E-state index in [2.05, 4.69) is 26.0 Å². The number of anilines is 1. The number of para-hydroxylation sites is 1. The van der Waals surface area contributed by atoms with Crippen LogP contribution in [0, 0.1) is 0 Å². The van der Waals surface area contributed by atoms with Crippen LogP contribution in [0.1, 0.15) is 5.56 Å². The molecule has 1 aliphatic heterocycles. The summed E-state index contributed by atoms with van der Waals surface area (Å²) in [6.07, 6.45) is 1.50. The number of hydrogen-bond donors (Lipinski definition) is 1. The Morgan fingerprint density at radius 1 is 1.25 bits per heavy atom. The molecule has 0 radical (unpaired) electrons. The number of methoxy groups -OCH3 is 1. The molecule has 2 aromatic rings. The fourth-order valence-corrected chi connectivity index (χ4v) is 3.49. The van der Waals surface area contributed by atoms with Crippen molar-refractivity contribution in [2.75, 3.05) is 18.6 Å². The predicted octanol–water partition coefficient (Wildman–Crippen LogP) is 3.75. The van der Waals surface area contributed by atoms with Gasteiger partial charge in [0.25, 0.3) is 5.91 Å². The number of carbonyl (C=O) groups excluding carboxylic acids is 3. The molecule has 9 heteroatoms. The fraction of sp³-hybridized carbons (Fsp3) is 0.105. The van der Waals surface area contributed by atoms with Crippen LogP contribution >= 0.6 is 27.5 Å². The van der Waals surface area contributed by atoms with Gasteiger partial charge in [-0.15, -0.1) is 0 Å². The van der Waals surface area contributed by atoms with E-state index < -0.39 is 17.9 Å². The summed E-state index contributed by atoms with van der Waals surface area (Å²) in [5.41, 5.74) is 1.14. The van der Waals surface area contributed by atoms with Crippen molar-refractivity contribution in [2.24, 2.45) is 0 Å². The molecule has 28 heavy (non-hydrogen) atoms. The highest BCUT2D eigenvalue weighted by atomic mass is 79.9. The first-order valence-corrected chi connectivity index (χ1v) is 9.18. The van der Waals surface area contributed by atoms with Crippen molar-refractivity contribution in [3.05, 3.63) is 63.2 Å². The van der Waals surface area contributed by atoms with Crippen LogP contribution in [0.3, 0.4) is 0 Å². The van der Waals surface area contributed by atoms with Gasteiger partial charge in [-0.3, -0.25) is 4.79 Å². The Kier molecular flexibility index (Phi) is 6.01. The maximum Gasteiger partial charge on any atom is 0.343 e. The number of nitrogens with one attached hydrogen (secondary N) is 1. The second kappa shape index (κ2) is 8.45. The van der Waals surface area contributed by atoms with Gasteiger partial charge in [0.05, 0.1) is 22.3 Å². The van der Waals surface area contributed by atoms with E-state index in [1.165, 1.54) is 13.2 Å². The van der Waals surface area contributed by atoms with E-state index in [9.17, 15) is 14.4 Å². The first kappa shape index (κ1) is 19.9. The molecule has 3 rings (SSSR count). The summed E-state index contributed by atoms with van der Waals surface area (Å²) in [7, 11) is 1.25. The molecule has 1 heterocycles. The minimum absolute atomic E-state index is 0.111. The molecule has 0 saturated carbocycles. The number of esters is 1. The average molecular weight is 466 g/mol. The second-order valence-electron chi connectivity index (χ2n) is 5.64. The second-order valence-corrected chi connectivity index (χ2v) is 6.90. The van der Waals surface area contributed by atoms with Crippen molar-refractivity contribution in [1.82, 2.24) is 5.32 Å². The van der Waals surface area contributed by atoms with E-state index in [0.29, 0.717) is 15.7 Å². The minimum Gasteiger partial charge on any atom is -0.479 e. The van der Waals surface area contributed by atoms with Gasteiger partial charge >= 0.3 is 12.0 Å². The summed E-state index contributed by atoms with van der Waals surface area (Å²) in [6.45, 7) is -0.296. The lowest BCUT2D eigenvalue weighted by Crippen LogP contribution is -2.30. The average Bonchev–Trinajstić information content (AvgIpc) is 2.94. The summed E-state index contributed by atoms with van der Waals surface area (Å²) in [6, 6.07) is 11.3. The number of rotatable bonds is 5. The Morgan fingerprint density at radius 3 is 2.61 bits per heavy atom. The van der Waals surface area contributed by atoms with Gasteiger partial charge in [-0.1, -0.05) is 29.8 Å². The summed E-state index contributed by atoms with van der Waals surface area (Å²) in [4.78, 5) is 37.1. The number of nitrogens with zero attached hydrogens (tertiary/aromatic N) is 1. The zero-order chi connectivity index (χ0) is 20.3. The third-order valence-corrected chi connectivity index (χ3v) is 4.66. The number of carbonyl (C=O) groups is 3. The highest BCUT2D eigenvalue weighted by molar-refractivity contribution is 9.10. The number of imide groups is 1. The van der Waals surface area contributed by atoms with Crippen LogP contribution in [0.2, 0.25) is 5.02 Å². The Morgan fingerprint density at radius 2 is 1.96 bits per heavy atom. The molecular weight excluding hydrogens is 452 g/mol. The van der Waals surface area contributed by atoms with Crippen molar-refractivity contribution >= 4 is 57.2 Å². The molecule has 3 amide bonds. The van der Waals surface area contributed by atoms with E-state index >= 15 is 0 Å². The summed E-state index contributed by atoms with van der Waals surface area (Å²) in [5.74, 6) is -0.759. The SMILES string of the molecule is COC(=O)COc1c(Cl)cc(/C=C2\NC(=O)N(c3ccccc3)C2=O)cc1Br. The number of hydrogen-bond acceptors (Lipinski definition) is 5. The Labute approximate surface area is 174 Å². The quantitative estimate of drug-likeness (QED) is 0.413. The Hall–Kier alpha value is -2.84. The first-order valence-electron chi connectivity index (χ1n) is 8.01. The van der Waals surface area contributed by atoms with Crippen molar-refractivity contribution < 1.29 is 23.9 Å². The monoisotopic (exact) mass is 464 g/mol. The van der Waals surface area contributed by atoms with Gasteiger partial charge < -0.3 is 14.8 Å². The molecule has 2 aromatic carbocycles. The van der Waals surface area contributed by atoms with Crippen LogP contribution in [0.4, 0.5) is 10.5 Å². The zero-order valence-corrected chi connectivity index (χ0v) is 16.9. The number of benzene rings is 2. The molecule has 1 saturated heterocycles. The van der Waals surface area contributed by atoms with E-state index in [1.807, 2.05) is 0 Å². The molecule has 0 spiro atoms. The Balaban J connectivity index is 1.85. The van der Waals surface area contributed by atoms with Crippen LogP contribution < -0.4 is 15.0 Å². The van der Waals surface area contributed by atoms with Gasteiger partial charge in [-0.25, -0.2) is 14.5 Å². The minimum atomic E-state index is -0.547. The third kappa shape index (κ3) is 4.18. The predicted molar refractivity (Wildman–Crippen MR) is 107 cm³/mol. The summed E-state index contributed by atoms with van der Waals surface area (Å²) >= 11 is 9.54. The van der Waals surface area contributed by atoms with Gasteiger partial charge in [0, 0.05) is 0 Å². The smallest absolute Gasteiger partial charge is 0.343 e. The van der Waals surface area contributed by atoms with Crippen molar-refractivity contribution in [2.45, 2.75) is 0 Å². The van der Waals surface area contributed by atoms with Gasteiger partial charge in [0.15, 0.2) is 12.4 Å². The van der Waals surface area contributed by atoms with Crippen molar-refractivity contribution in [3.63, 3.8) is 0 Å². The molecule has 0 aliphatic carbocycles. The van der Waals surface area contributed by atoms with E-state index in [0.717, 1.165) is 4.90 Å². The van der Waals surface area contributed by atoms with Crippen LogP contribution in [-0.4, -0.2) is 31.6 Å². The molecule has 7 nitrogen and oxygen atoms in total. The summed E-state index contributed by atoms with van der Waals surface area (Å²) < 4.78 is 10.3. The van der Waals surface area contributed by atoms with Gasteiger partial charge in [-0.05, 0) is 51.8 Å². The largest absolute Gasteiger partial charge is 0.479 e. The molecule has 1 fully saturated rings. The molecule has 0 bridgehead atoms. The lowest BCUT2D eigenvalue weighted by atomic mass is 10.1. The molecule has 0 atom stereocenters. The van der Waals surface area contributed by atoms with Gasteiger partial charge in [0.2, 0.25) is 0 Å². The normalized spacial score (nSPS) is 15.0. The number of ether oxygens (including phenoxy) is 2. The van der Waals surface area contributed by atoms with E-state index in [4.69, 9.17) is 16.3 Å². The molecule has 0 unspecified atom stereocenters. The van der Waals surface area contributed by atoms with Crippen LogP contribution in [0.15, 0.2) is 52.6 Å². The molecule has 1 N–H and O–H groups in total. The van der Waals surface area contributed by atoms with Crippen LogP contribution in [0.5, 0.6) is 5.75 Å². The van der Waals surface area contributed by atoms with E-state index in [-0.39, 0.29) is 23.1 Å². The molecule has 144 valence electrons. The lowest BCUT2D eigenvalue weighted by Gasteiger charge is -2.11. The fourth-order valence-electron chi connectivity index (χ4n) is 2.50. The van der Waals surface area contributed by atoms with Crippen molar-refractivity contribution in [3.8, 4) is 5.75 Å². The lowest BCUT2D eigenvalue weighted by molar-refractivity contribution is -0.142. The maximum absolute atomic E-state index is 12.6. The number of urea groups is 1. The van der Waals surface area contributed by atoms with Crippen LogP contribution in [-0.2, 0) is 14.3 Å². The summed E-state index contributed by atoms with van der Waals surface area (Å²) in [5, 5.41) is 2.77. The van der Waals surface area contributed by atoms with E-state index in [1.54, 1.807) is 42.5 Å². The molecule has 1 aliphatic rings. The van der Waals surface area contributed by atoms with Gasteiger partial charge in [0.1, 0.15) is 5.70 Å². The number of halogens is 2. The topological polar surface area (TPSA) is 84.9 Å². The standard InChI is InChI=1S/C19H14BrClN2O5/c1-27-16(24)10-28-17-13(20)7-11(8-14(17)21)9-15-18(25)23(19(26)22-15)12-5-3-2-4-6-12/h2-9H,10H2,1H3,(H,22,26)/b15-9-. The zero-order valence-electron chi connectivity index (χ0n) is 14.6. The first-order chi connectivity index (χ1) is 13.4. The number of amides is 3.